The highest BCUT2D eigenvalue weighted by atomic mass is 16.5. The van der Waals surface area contributed by atoms with Crippen LogP contribution in [0.1, 0.15) is 40.9 Å². The van der Waals surface area contributed by atoms with E-state index in [9.17, 15) is 0 Å². The molecule has 2 aliphatic rings. The molecule has 0 N–H and O–H groups in total. The fourth-order valence-corrected chi connectivity index (χ4v) is 4.68. The smallest absolute Gasteiger partial charge is 0.213 e. The van der Waals surface area contributed by atoms with E-state index < -0.39 is 0 Å². The average molecular weight is 463 g/mol. The predicted molar refractivity (Wildman–Crippen MR) is 136 cm³/mol. The van der Waals surface area contributed by atoms with Crippen LogP contribution in [0.15, 0.2) is 108 Å². The first-order chi connectivity index (χ1) is 17.3. The summed E-state index contributed by atoms with van der Waals surface area (Å²) < 4.78 is 17.8. The zero-order valence-electron chi connectivity index (χ0n) is 19.5. The van der Waals surface area contributed by atoms with E-state index in [0.29, 0.717) is 6.61 Å². The fraction of sp³-hybridized carbons (Fsp3) is 0.167. The van der Waals surface area contributed by atoms with Crippen molar-refractivity contribution in [3.8, 4) is 17.2 Å². The van der Waals surface area contributed by atoms with Gasteiger partial charge in [0.15, 0.2) is 0 Å². The van der Waals surface area contributed by atoms with Crippen molar-refractivity contribution in [2.75, 3.05) is 7.11 Å². The van der Waals surface area contributed by atoms with Crippen LogP contribution in [0.2, 0.25) is 0 Å². The molecule has 6 rings (SSSR count). The summed E-state index contributed by atoms with van der Waals surface area (Å²) in [5.74, 6) is 2.58. The lowest BCUT2D eigenvalue weighted by Crippen LogP contribution is -2.33. The fourth-order valence-electron chi connectivity index (χ4n) is 4.68. The Hall–Kier alpha value is -4.25. The van der Waals surface area contributed by atoms with Crippen LogP contribution in [0, 0.1) is 0 Å². The molecule has 0 saturated heterocycles. The molecule has 2 atom stereocenters. The molecule has 0 amide bonds. The lowest BCUT2D eigenvalue weighted by molar-refractivity contribution is -0.0190. The summed E-state index contributed by atoms with van der Waals surface area (Å²) in [7, 11) is 1.68. The molecule has 35 heavy (non-hydrogen) atoms. The Balaban J connectivity index is 1.27. The number of fused-ring (bicyclic) bond motifs is 3. The molecule has 2 heterocycles. The third-order valence-corrected chi connectivity index (χ3v) is 6.54. The summed E-state index contributed by atoms with van der Waals surface area (Å²) in [6.07, 6.45) is 0.510. The van der Waals surface area contributed by atoms with Crippen LogP contribution in [0.25, 0.3) is 0 Å². The van der Waals surface area contributed by atoms with Gasteiger partial charge < -0.3 is 14.2 Å². The molecule has 5 heteroatoms. The highest BCUT2D eigenvalue weighted by molar-refractivity contribution is 6.02. The molecule has 0 aromatic heterocycles. The molecule has 174 valence electrons. The molecular weight excluding hydrogens is 436 g/mol. The van der Waals surface area contributed by atoms with E-state index >= 15 is 0 Å². The normalized spacial score (nSPS) is 18.2. The number of hydrazone groups is 1. The number of ether oxygens (including phenoxy) is 3. The van der Waals surface area contributed by atoms with Crippen molar-refractivity contribution in [2.45, 2.75) is 25.3 Å². The molecule has 4 aromatic rings. The van der Waals surface area contributed by atoms with Crippen LogP contribution in [0.5, 0.6) is 17.2 Å². The standard InChI is InChI=1S/C30H26N2O3/c1-33-24-15-11-22(12-16-24)27-19-28-26-9-5-6-10-29(26)35-30(32(28)31-27)23-13-17-25(18-14-23)34-20-21-7-3-2-4-8-21/h2-18,28,30H,19-20H2,1H3/t28-,30-/m0/s1. The van der Waals surface area contributed by atoms with Gasteiger partial charge in [-0.15, -0.1) is 0 Å². The number of rotatable bonds is 6. The molecule has 5 nitrogen and oxygen atoms in total. The molecule has 0 fully saturated rings. The first-order valence-corrected chi connectivity index (χ1v) is 11.8. The Morgan fingerprint density at radius 3 is 2.31 bits per heavy atom. The van der Waals surface area contributed by atoms with Gasteiger partial charge in [0, 0.05) is 17.5 Å². The topological polar surface area (TPSA) is 43.3 Å². The van der Waals surface area contributed by atoms with Crippen LogP contribution >= 0.6 is 0 Å². The highest BCUT2D eigenvalue weighted by Gasteiger charge is 2.40. The summed E-state index contributed by atoms with van der Waals surface area (Å²) in [6, 6.07) is 34.8. The monoisotopic (exact) mass is 462 g/mol. The van der Waals surface area contributed by atoms with Crippen LogP contribution in [-0.2, 0) is 6.61 Å². The first-order valence-electron chi connectivity index (χ1n) is 11.8. The molecule has 2 aliphatic heterocycles. The predicted octanol–water partition coefficient (Wildman–Crippen LogP) is 6.52. The second-order valence-electron chi connectivity index (χ2n) is 8.73. The molecule has 0 saturated carbocycles. The molecule has 0 bridgehead atoms. The number of benzene rings is 4. The van der Waals surface area contributed by atoms with Crippen molar-refractivity contribution in [1.29, 1.82) is 0 Å². The molecule has 0 radical (unpaired) electrons. The van der Waals surface area contributed by atoms with Crippen molar-refractivity contribution >= 4 is 5.71 Å². The molecule has 0 spiro atoms. The van der Waals surface area contributed by atoms with E-state index in [-0.39, 0.29) is 12.3 Å². The van der Waals surface area contributed by atoms with Crippen molar-refractivity contribution in [2.24, 2.45) is 5.10 Å². The van der Waals surface area contributed by atoms with Crippen LogP contribution < -0.4 is 14.2 Å². The lowest BCUT2D eigenvalue weighted by Gasteiger charge is -2.38. The average Bonchev–Trinajstić information content (AvgIpc) is 3.38. The highest BCUT2D eigenvalue weighted by Crippen LogP contribution is 2.47. The second-order valence-corrected chi connectivity index (χ2v) is 8.73. The quantitative estimate of drug-likeness (QED) is 0.327. The Labute approximate surface area is 205 Å². The van der Waals surface area contributed by atoms with Gasteiger partial charge in [-0.2, -0.15) is 5.10 Å². The van der Waals surface area contributed by atoms with Crippen molar-refractivity contribution in [3.63, 3.8) is 0 Å². The van der Waals surface area contributed by atoms with E-state index in [1.165, 1.54) is 5.56 Å². The summed E-state index contributed by atoms with van der Waals surface area (Å²) >= 11 is 0. The van der Waals surface area contributed by atoms with E-state index in [2.05, 4.69) is 53.5 Å². The summed E-state index contributed by atoms with van der Waals surface area (Å²) in [4.78, 5) is 0. The van der Waals surface area contributed by atoms with Crippen LogP contribution in [-0.4, -0.2) is 17.8 Å². The molecule has 4 aromatic carbocycles. The van der Waals surface area contributed by atoms with Gasteiger partial charge in [0.25, 0.3) is 0 Å². The Morgan fingerprint density at radius 1 is 0.829 bits per heavy atom. The van der Waals surface area contributed by atoms with Gasteiger partial charge in [-0.3, -0.25) is 0 Å². The van der Waals surface area contributed by atoms with Crippen LogP contribution in [0.4, 0.5) is 0 Å². The summed E-state index contributed by atoms with van der Waals surface area (Å²) in [5, 5.41) is 7.14. The number of nitrogens with zero attached hydrogens (tertiary/aromatic N) is 2. The van der Waals surface area contributed by atoms with E-state index in [0.717, 1.165) is 46.1 Å². The summed E-state index contributed by atoms with van der Waals surface area (Å²) in [6.45, 7) is 0.539. The maximum atomic E-state index is 6.48. The van der Waals surface area contributed by atoms with Gasteiger partial charge in [-0.1, -0.05) is 48.5 Å². The van der Waals surface area contributed by atoms with E-state index in [1.54, 1.807) is 7.11 Å². The van der Waals surface area contributed by atoms with E-state index in [4.69, 9.17) is 19.3 Å². The van der Waals surface area contributed by atoms with Gasteiger partial charge in [0.2, 0.25) is 6.23 Å². The number of hydrogen-bond donors (Lipinski definition) is 0. The SMILES string of the molecule is COc1ccc(C2=NN3[C@@H](C2)c2ccccc2O[C@H]3c2ccc(OCc3ccccc3)cc2)cc1. The van der Waals surface area contributed by atoms with Gasteiger partial charge in [0.1, 0.15) is 23.9 Å². The van der Waals surface area contributed by atoms with E-state index in [1.807, 2.05) is 54.6 Å². The van der Waals surface area contributed by atoms with Gasteiger partial charge in [-0.25, -0.2) is 5.01 Å². The number of methoxy groups -OCH3 is 1. The maximum Gasteiger partial charge on any atom is 0.213 e. The zero-order valence-corrected chi connectivity index (χ0v) is 19.5. The van der Waals surface area contributed by atoms with Gasteiger partial charge >= 0.3 is 0 Å². The Morgan fingerprint density at radius 2 is 1.54 bits per heavy atom. The third kappa shape index (κ3) is 4.21. The van der Waals surface area contributed by atoms with Gasteiger partial charge in [0.05, 0.1) is 18.9 Å². The third-order valence-electron chi connectivity index (χ3n) is 6.54. The first kappa shape index (κ1) is 21.3. The minimum atomic E-state index is -0.311. The van der Waals surface area contributed by atoms with Crippen molar-refractivity contribution in [1.82, 2.24) is 5.01 Å². The van der Waals surface area contributed by atoms with Crippen molar-refractivity contribution < 1.29 is 14.2 Å². The largest absolute Gasteiger partial charge is 0.497 e. The molecular formula is C30H26N2O3. The lowest BCUT2D eigenvalue weighted by atomic mass is 9.96. The second kappa shape index (κ2) is 9.18. The maximum absolute atomic E-state index is 6.48. The minimum absolute atomic E-state index is 0.121. The summed E-state index contributed by atoms with van der Waals surface area (Å²) in [5.41, 5.74) is 5.49. The Bertz CT molecular complexity index is 1330. The Kier molecular flexibility index (Phi) is 5.59. The van der Waals surface area contributed by atoms with Crippen molar-refractivity contribution in [3.05, 3.63) is 125 Å². The minimum Gasteiger partial charge on any atom is -0.497 e. The van der Waals surface area contributed by atoms with Crippen LogP contribution in [0.3, 0.4) is 0 Å². The molecule has 0 unspecified atom stereocenters. The number of hydrogen-bond acceptors (Lipinski definition) is 5. The van der Waals surface area contributed by atoms with Gasteiger partial charge in [-0.05, 0) is 65.7 Å². The number of para-hydroxylation sites is 1. The zero-order chi connectivity index (χ0) is 23.6. The molecule has 0 aliphatic carbocycles.